The number of carbonyl (C=O) groups excluding carboxylic acids is 1. The van der Waals surface area contributed by atoms with E-state index in [4.69, 9.17) is 4.74 Å². The van der Waals surface area contributed by atoms with Crippen molar-refractivity contribution in [1.29, 1.82) is 0 Å². The van der Waals surface area contributed by atoms with Gasteiger partial charge in [-0.15, -0.1) is 24.8 Å². The van der Waals surface area contributed by atoms with E-state index in [-0.39, 0.29) is 48.3 Å². The van der Waals surface area contributed by atoms with Gasteiger partial charge in [0, 0.05) is 31.3 Å². The molecular formula is C19H31Cl2N3O2. The molecule has 2 atom stereocenters. The normalized spacial score (nSPS) is 22.6. The zero-order chi connectivity index (χ0) is 16.8. The number of halogens is 2. The summed E-state index contributed by atoms with van der Waals surface area (Å²) >= 11 is 0. The van der Waals surface area contributed by atoms with Gasteiger partial charge in [-0.05, 0) is 44.7 Å². The molecule has 2 unspecified atom stereocenters. The van der Waals surface area contributed by atoms with Gasteiger partial charge in [0.15, 0.2) is 0 Å². The molecule has 0 aromatic heterocycles. The number of benzene rings is 1. The maximum atomic E-state index is 12.4. The van der Waals surface area contributed by atoms with Crippen molar-refractivity contribution in [2.75, 3.05) is 26.3 Å². The molecule has 2 aliphatic heterocycles. The Morgan fingerprint density at radius 3 is 2.58 bits per heavy atom. The molecule has 2 aliphatic rings. The van der Waals surface area contributed by atoms with Crippen molar-refractivity contribution in [3.05, 3.63) is 35.9 Å². The summed E-state index contributed by atoms with van der Waals surface area (Å²) in [5.41, 5.74) is 1.18. The van der Waals surface area contributed by atoms with Crippen molar-refractivity contribution in [1.82, 2.24) is 16.0 Å². The Balaban J connectivity index is 0.00000169. The molecule has 2 saturated heterocycles. The van der Waals surface area contributed by atoms with Gasteiger partial charge in [0.05, 0.1) is 6.04 Å². The molecule has 0 aliphatic carbocycles. The monoisotopic (exact) mass is 403 g/mol. The second kappa shape index (κ2) is 11.1. The highest BCUT2D eigenvalue weighted by Crippen LogP contribution is 2.25. The van der Waals surface area contributed by atoms with Gasteiger partial charge in [0.2, 0.25) is 5.91 Å². The molecule has 0 spiro atoms. The van der Waals surface area contributed by atoms with E-state index in [9.17, 15) is 4.79 Å². The summed E-state index contributed by atoms with van der Waals surface area (Å²) in [5.74, 6) is 0.132. The summed E-state index contributed by atoms with van der Waals surface area (Å²) in [7, 11) is 0. The number of hydrogen-bond acceptors (Lipinski definition) is 4. The Labute approximate surface area is 168 Å². The molecule has 5 nitrogen and oxygen atoms in total. The molecular weight excluding hydrogens is 373 g/mol. The number of ether oxygens (including phenoxy) is 1. The maximum Gasteiger partial charge on any atom is 0.237 e. The number of amides is 1. The summed E-state index contributed by atoms with van der Waals surface area (Å²) < 4.78 is 5.55. The van der Waals surface area contributed by atoms with Crippen LogP contribution in [0.2, 0.25) is 0 Å². The predicted octanol–water partition coefficient (Wildman–Crippen LogP) is 2.60. The van der Waals surface area contributed by atoms with Crippen LogP contribution in [0.25, 0.3) is 0 Å². The van der Waals surface area contributed by atoms with Gasteiger partial charge in [0.25, 0.3) is 0 Å². The minimum atomic E-state index is -0.0955. The molecule has 1 amide bonds. The van der Waals surface area contributed by atoms with E-state index in [1.165, 1.54) is 5.56 Å². The van der Waals surface area contributed by atoms with Crippen LogP contribution in [0.3, 0.4) is 0 Å². The van der Waals surface area contributed by atoms with E-state index >= 15 is 0 Å². The summed E-state index contributed by atoms with van der Waals surface area (Å²) in [5, 5.41) is 10.2. The number of carbonyl (C=O) groups is 1. The number of nitrogens with one attached hydrogen (secondary N) is 3. The minimum absolute atomic E-state index is 0. The lowest BCUT2D eigenvalue weighted by Gasteiger charge is -2.40. The Hall–Kier alpha value is -0.850. The van der Waals surface area contributed by atoms with E-state index in [1.807, 2.05) is 6.07 Å². The zero-order valence-corrected chi connectivity index (χ0v) is 17.0. The van der Waals surface area contributed by atoms with Gasteiger partial charge in [-0.3, -0.25) is 4.79 Å². The molecule has 1 aromatic rings. The third-order valence-corrected chi connectivity index (χ3v) is 5.25. The number of rotatable bonds is 6. The van der Waals surface area contributed by atoms with Gasteiger partial charge in [-0.2, -0.15) is 0 Å². The second-order valence-corrected chi connectivity index (χ2v) is 7.04. The minimum Gasteiger partial charge on any atom is -0.381 e. The molecule has 3 N–H and O–H groups in total. The molecule has 0 radical (unpaired) electrons. The van der Waals surface area contributed by atoms with Crippen molar-refractivity contribution < 1.29 is 9.53 Å². The van der Waals surface area contributed by atoms with Crippen LogP contribution in [-0.4, -0.2) is 43.8 Å². The van der Waals surface area contributed by atoms with Crippen molar-refractivity contribution in [2.24, 2.45) is 0 Å². The molecule has 0 bridgehead atoms. The molecule has 148 valence electrons. The van der Waals surface area contributed by atoms with Crippen molar-refractivity contribution >= 4 is 30.7 Å². The zero-order valence-electron chi connectivity index (χ0n) is 15.3. The molecule has 2 fully saturated rings. The Morgan fingerprint density at radius 1 is 1.27 bits per heavy atom. The van der Waals surface area contributed by atoms with Crippen LogP contribution in [0.5, 0.6) is 0 Å². The highest BCUT2D eigenvalue weighted by atomic mass is 35.5. The Morgan fingerprint density at radius 2 is 1.96 bits per heavy atom. The van der Waals surface area contributed by atoms with Gasteiger partial charge in [0.1, 0.15) is 0 Å². The average molecular weight is 404 g/mol. The maximum absolute atomic E-state index is 12.4. The van der Waals surface area contributed by atoms with Crippen LogP contribution < -0.4 is 16.0 Å². The van der Waals surface area contributed by atoms with Crippen molar-refractivity contribution in [2.45, 2.75) is 50.2 Å². The molecule has 3 rings (SSSR count). The summed E-state index contributed by atoms with van der Waals surface area (Å²) in [4.78, 5) is 12.4. The predicted molar refractivity (Wildman–Crippen MR) is 109 cm³/mol. The largest absolute Gasteiger partial charge is 0.381 e. The fourth-order valence-corrected chi connectivity index (χ4v) is 3.71. The quantitative estimate of drug-likeness (QED) is 0.682. The van der Waals surface area contributed by atoms with E-state index in [2.05, 4.69) is 47.1 Å². The van der Waals surface area contributed by atoms with E-state index in [0.29, 0.717) is 6.54 Å². The highest BCUT2D eigenvalue weighted by Gasteiger charge is 2.35. The van der Waals surface area contributed by atoms with Crippen molar-refractivity contribution in [3.63, 3.8) is 0 Å². The first-order chi connectivity index (χ1) is 11.7. The molecule has 26 heavy (non-hydrogen) atoms. The first-order valence-electron chi connectivity index (χ1n) is 9.10. The number of hydrogen-bond donors (Lipinski definition) is 3. The fraction of sp³-hybridized carbons (Fsp3) is 0.632. The van der Waals surface area contributed by atoms with Gasteiger partial charge in [-0.25, -0.2) is 0 Å². The average Bonchev–Trinajstić information content (AvgIpc) is 3.16. The van der Waals surface area contributed by atoms with Crippen molar-refractivity contribution in [3.8, 4) is 0 Å². The third-order valence-electron chi connectivity index (χ3n) is 5.25. The van der Waals surface area contributed by atoms with E-state index < -0.39 is 0 Å². The standard InChI is InChI=1S/C19H29N3O2.2ClH/c1-15(16-6-3-2-4-7-16)22-19(9-12-24-13-10-19)14-21-18(23)17-8-5-11-20-17;;/h2-4,6-7,15,17,20,22H,5,8-14H2,1H3,(H,21,23);2*1H. The fourth-order valence-electron chi connectivity index (χ4n) is 3.71. The first-order valence-corrected chi connectivity index (χ1v) is 9.10. The third kappa shape index (κ3) is 6.10. The van der Waals surface area contributed by atoms with Crippen LogP contribution >= 0.6 is 24.8 Å². The lowest BCUT2D eigenvalue weighted by atomic mass is 9.88. The van der Waals surface area contributed by atoms with Crippen LogP contribution in [-0.2, 0) is 9.53 Å². The molecule has 1 aromatic carbocycles. The topological polar surface area (TPSA) is 62.4 Å². The van der Waals surface area contributed by atoms with Crippen LogP contribution in [0, 0.1) is 0 Å². The Kier molecular flexibility index (Phi) is 9.90. The van der Waals surface area contributed by atoms with Crippen LogP contribution in [0.15, 0.2) is 30.3 Å². The summed E-state index contributed by atoms with van der Waals surface area (Å²) in [6.45, 7) is 5.27. The van der Waals surface area contributed by atoms with E-state index in [0.717, 1.165) is 45.4 Å². The molecule has 2 heterocycles. The van der Waals surface area contributed by atoms with Gasteiger partial charge >= 0.3 is 0 Å². The van der Waals surface area contributed by atoms with E-state index in [1.54, 1.807) is 0 Å². The second-order valence-electron chi connectivity index (χ2n) is 7.04. The van der Waals surface area contributed by atoms with Gasteiger partial charge < -0.3 is 20.7 Å². The SMILES string of the molecule is CC(NC1(CNC(=O)C2CCCN2)CCOCC1)c1ccccc1.Cl.Cl. The summed E-state index contributed by atoms with van der Waals surface area (Å²) in [6, 6.07) is 10.7. The lowest BCUT2D eigenvalue weighted by molar-refractivity contribution is -0.123. The summed E-state index contributed by atoms with van der Waals surface area (Å²) in [6.07, 6.45) is 3.86. The van der Waals surface area contributed by atoms with Crippen LogP contribution in [0.4, 0.5) is 0 Å². The Bertz CT molecular complexity index is 533. The molecule has 0 saturated carbocycles. The molecule has 7 heteroatoms. The van der Waals surface area contributed by atoms with Crippen LogP contribution in [0.1, 0.15) is 44.2 Å². The smallest absolute Gasteiger partial charge is 0.237 e. The van der Waals surface area contributed by atoms with Gasteiger partial charge in [-0.1, -0.05) is 30.3 Å². The first kappa shape index (κ1) is 23.2. The lowest BCUT2D eigenvalue weighted by Crippen LogP contribution is -2.58. The highest BCUT2D eigenvalue weighted by molar-refractivity contribution is 5.85.